The van der Waals surface area contributed by atoms with E-state index in [1.54, 1.807) is 24.9 Å². The molecule has 15 heavy (non-hydrogen) atoms. The first-order chi connectivity index (χ1) is 6.67. The van der Waals surface area contributed by atoms with Crippen LogP contribution in [0.3, 0.4) is 0 Å². The van der Waals surface area contributed by atoms with Crippen molar-refractivity contribution >= 4 is 16.1 Å². The van der Waals surface area contributed by atoms with E-state index in [-0.39, 0.29) is 0 Å². The van der Waals surface area contributed by atoms with E-state index in [1.807, 2.05) is 0 Å². The fourth-order valence-electron chi connectivity index (χ4n) is 3.22. The lowest BCUT2D eigenvalue weighted by atomic mass is 10.0. The molecule has 0 spiro atoms. The van der Waals surface area contributed by atoms with Gasteiger partial charge >= 0.3 is 0 Å². The molecule has 0 amide bonds. The summed E-state index contributed by atoms with van der Waals surface area (Å²) in [5.41, 5.74) is 0. The van der Waals surface area contributed by atoms with Crippen molar-refractivity contribution in [3.8, 4) is 0 Å². The van der Waals surface area contributed by atoms with Gasteiger partial charge in [0.15, 0.2) is 0 Å². The minimum absolute atomic E-state index is 0.824. The zero-order chi connectivity index (χ0) is 11.7. The van der Waals surface area contributed by atoms with Gasteiger partial charge in [-0.2, -0.15) is 0 Å². The molecular formula is C13H30Si2. The predicted octanol–water partition coefficient (Wildman–Crippen LogP) is 5.08. The molecule has 1 aliphatic rings. The molecule has 2 atom stereocenters. The second kappa shape index (κ2) is 4.74. The standard InChI is InChI=1S/C13H30Si2/c1-14(2,3)10-12-8-7-9-13(12)11-15(4,5)6/h12-13H,7-11H2,1-6H3. The van der Waals surface area contributed by atoms with Crippen LogP contribution in [0.25, 0.3) is 0 Å². The van der Waals surface area contributed by atoms with Gasteiger partial charge in [-0.15, -0.1) is 0 Å². The number of hydrogen-bond donors (Lipinski definition) is 0. The largest absolute Gasteiger partial charge is 0.0695 e. The van der Waals surface area contributed by atoms with Gasteiger partial charge < -0.3 is 0 Å². The third-order valence-corrected chi connectivity index (χ3v) is 7.06. The van der Waals surface area contributed by atoms with Crippen molar-refractivity contribution in [2.75, 3.05) is 0 Å². The molecule has 1 aliphatic carbocycles. The van der Waals surface area contributed by atoms with E-state index in [1.165, 1.54) is 6.42 Å². The Morgan fingerprint density at radius 1 is 0.733 bits per heavy atom. The summed E-state index contributed by atoms with van der Waals surface area (Å²) in [7, 11) is -1.65. The van der Waals surface area contributed by atoms with Crippen LogP contribution in [-0.2, 0) is 0 Å². The van der Waals surface area contributed by atoms with E-state index in [2.05, 4.69) is 39.3 Å². The molecule has 1 fully saturated rings. The lowest BCUT2D eigenvalue weighted by molar-refractivity contribution is 0.447. The first-order valence-electron chi connectivity index (χ1n) is 6.67. The van der Waals surface area contributed by atoms with Crippen molar-refractivity contribution < 1.29 is 0 Å². The van der Waals surface area contributed by atoms with E-state index in [0.717, 1.165) is 11.8 Å². The first kappa shape index (κ1) is 13.5. The molecule has 90 valence electrons. The Balaban J connectivity index is 2.50. The molecule has 2 heteroatoms. The van der Waals surface area contributed by atoms with Crippen molar-refractivity contribution in [2.24, 2.45) is 11.8 Å². The van der Waals surface area contributed by atoms with Gasteiger partial charge in [0, 0.05) is 16.1 Å². The highest BCUT2D eigenvalue weighted by Crippen LogP contribution is 2.41. The lowest BCUT2D eigenvalue weighted by Crippen LogP contribution is -2.30. The molecule has 0 N–H and O–H groups in total. The van der Waals surface area contributed by atoms with Crippen molar-refractivity contribution in [2.45, 2.75) is 70.6 Å². The van der Waals surface area contributed by atoms with Gasteiger partial charge in [0.05, 0.1) is 0 Å². The van der Waals surface area contributed by atoms with Gasteiger partial charge in [0.2, 0.25) is 0 Å². The minimum Gasteiger partial charge on any atom is -0.0695 e. The summed E-state index contributed by atoms with van der Waals surface area (Å²) in [4.78, 5) is 0. The van der Waals surface area contributed by atoms with Gasteiger partial charge in [0.1, 0.15) is 0 Å². The number of hydrogen-bond acceptors (Lipinski definition) is 0. The molecule has 2 unspecified atom stereocenters. The Morgan fingerprint density at radius 2 is 1.07 bits per heavy atom. The summed E-state index contributed by atoms with van der Waals surface area (Å²) in [5.74, 6) is 2.20. The Labute approximate surface area is 98.9 Å². The SMILES string of the molecule is C[Si](C)(C)CC1CCCC1C[Si](C)(C)C. The molecule has 1 saturated carbocycles. The lowest BCUT2D eigenvalue weighted by Gasteiger charge is -2.29. The summed E-state index contributed by atoms with van der Waals surface area (Å²) >= 11 is 0. The van der Waals surface area contributed by atoms with Crippen LogP contribution in [-0.4, -0.2) is 16.1 Å². The van der Waals surface area contributed by atoms with Gasteiger partial charge in [-0.3, -0.25) is 0 Å². The molecule has 1 rings (SSSR count). The third-order valence-electron chi connectivity index (χ3n) is 3.57. The van der Waals surface area contributed by atoms with Gasteiger partial charge in [-0.1, -0.05) is 70.6 Å². The molecule has 0 aliphatic heterocycles. The Kier molecular flexibility index (Phi) is 4.27. The van der Waals surface area contributed by atoms with Crippen LogP contribution >= 0.6 is 0 Å². The minimum atomic E-state index is -0.824. The smallest absolute Gasteiger partial charge is 0.0445 e. The molecule has 0 nitrogen and oxygen atoms in total. The van der Waals surface area contributed by atoms with Crippen molar-refractivity contribution in [1.82, 2.24) is 0 Å². The van der Waals surface area contributed by atoms with Crippen molar-refractivity contribution in [3.63, 3.8) is 0 Å². The highest BCUT2D eigenvalue weighted by atomic mass is 28.3. The van der Waals surface area contributed by atoms with Crippen LogP contribution in [0.15, 0.2) is 0 Å². The average molecular weight is 243 g/mol. The van der Waals surface area contributed by atoms with Crippen LogP contribution in [0.2, 0.25) is 51.4 Å². The van der Waals surface area contributed by atoms with Gasteiger partial charge in [-0.25, -0.2) is 0 Å². The molecule has 0 bridgehead atoms. The first-order valence-corrected chi connectivity index (χ1v) is 14.1. The molecular weight excluding hydrogens is 212 g/mol. The topological polar surface area (TPSA) is 0 Å². The van der Waals surface area contributed by atoms with Gasteiger partial charge in [-0.05, 0) is 11.8 Å². The quantitative estimate of drug-likeness (QED) is 0.603. The zero-order valence-corrected chi connectivity index (χ0v) is 13.7. The highest BCUT2D eigenvalue weighted by molar-refractivity contribution is 6.76. The third kappa shape index (κ3) is 5.34. The van der Waals surface area contributed by atoms with E-state index in [9.17, 15) is 0 Å². The van der Waals surface area contributed by atoms with Crippen LogP contribution in [0.1, 0.15) is 19.3 Å². The van der Waals surface area contributed by atoms with Crippen LogP contribution < -0.4 is 0 Å². The maximum atomic E-state index is 2.54. The Bertz CT molecular complexity index is 176. The second-order valence-corrected chi connectivity index (χ2v) is 19.0. The molecule has 0 saturated heterocycles. The average Bonchev–Trinajstić information content (AvgIpc) is 2.29. The van der Waals surface area contributed by atoms with Crippen LogP contribution in [0.5, 0.6) is 0 Å². The Morgan fingerprint density at radius 3 is 1.33 bits per heavy atom. The summed E-state index contributed by atoms with van der Waals surface area (Å²) in [6.07, 6.45) is 4.60. The van der Waals surface area contributed by atoms with E-state index in [0.29, 0.717) is 0 Å². The van der Waals surface area contributed by atoms with Crippen molar-refractivity contribution in [3.05, 3.63) is 0 Å². The summed E-state index contributed by atoms with van der Waals surface area (Å²) in [6.45, 7) is 15.2. The summed E-state index contributed by atoms with van der Waals surface area (Å²) in [5, 5.41) is 0. The summed E-state index contributed by atoms with van der Waals surface area (Å²) < 4.78 is 0. The normalized spacial score (nSPS) is 28.4. The fraction of sp³-hybridized carbons (Fsp3) is 1.00. The molecule has 0 radical (unpaired) electrons. The summed E-state index contributed by atoms with van der Waals surface area (Å²) in [6, 6.07) is 3.17. The maximum absolute atomic E-state index is 2.54. The van der Waals surface area contributed by atoms with E-state index < -0.39 is 16.1 Å². The maximum Gasteiger partial charge on any atom is 0.0445 e. The predicted molar refractivity (Wildman–Crippen MR) is 77.1 cm³/mol. The van der Waals surface area contributed by atoms with Crippen LogP contribution in [0, 0.1) is 11.8 Å². The highest BCUT2D eigenvalue weighted by Gasteiger charge is 2.33. The molecule has 0 aromatic rings. The van der Waals surface area contributed by atoms with E-state index >= 15 is 0 Å². The van der Waals surface area contributed by atoms with Gasteiger partial charge in [0.25, 0.3) is 0 Å². The number of rotatable bonds is 4. The monoisotopic (exact) mass is 242 g/mol. The van der Waals surface area contributed by atoms with Crippen molar-refractivity contribution in [1.29, 1.82) is 0 Å². The van der Waals surface area contributed by atoms with E-state index in [4.69, 9.17) is 0 Å². The Hall–Kier alpha value is 0.434. The van der Waals surface area contributed by atoms with Crippen LogP contribution in [0.4, 0.5) is 0 Å². The molecule has 0 heterocycles. The second-order valence-electron chi connectivity index (χ2n) is 7.98. The zero-order valence-electron chi connectivity index (χ0n) is 11.7. The molecule has 0 aromatic heterocycles. The fourth-order valence-corrected chi connectivity index (χ4v) is 7.45. The molecule has 0 aromatic carbocycles.